The monoisotopic (exact) mass is 386 g/mol. The van der Waals surface area contributed by atoms with Gasteiger partial charge in [-0.2, -0.15) is 0 Å². The third-order valence-electron chi connectivity index (χ3n) is 3.52. The van der Waals surface area contributed by atoms with E-state index in [1.165, 1.54) is 11.8 Å². The van der Waals surface area contributed by atoms with Crippen LogP contribution in [0.15, 0.2) is 46.9 Å². The van der Waals surface area contributed by atoms with E-state index in [0.29, 0.717) is 28.7 Å². The van der Waals surface area contributed by atoms with Crippen molar-refractivity contribution in [2.75, 3.05) is 11.1 Å². The van der Waals surface area contributed by atoms with Gasteiger partial charge in [-0.25, -0.2) is 4.98 Å². The molecule has 0 aliphatic heterocycles. The van der Waals surface area contributed by atoms with Crippen molar-refractivity contribution >= 4 is 40.5 Å². The number of anilines is 1. The van der Waals surface area contributed by atoms with Crippen LogP contribution in [0.3, 0.4) is 0 Å². The highest BCUT2D eigenvalue weighted by Crippen LogP contribution is 2.23. The maximum atomic E-state index is 12.3. The average molecular weight is 387 g/mol. The molecule has 0 atom stereocenters. The van der Waals surface area contributed by atoms with Crippen LogP contribution in [-0.2, 0) is 4.79 Å². The molecular formula is C18H18N4O2S2. The minimum Gasteiger partial charge on any atom is -0.326 e. The molecular weight excluding hydrogens is 368 g/mol. The summed E-state index contributed by atoms with van der Waals surface area (Å²) >= 11 is 2.87. The highest BCUT2D eigenvalue weighted by atomic mass is 32.2. The molecule has 3 aromatic rings. The van der Waals surface area contributed by atoms with Crippen LogP contribution < -0.4 is 5.32 Å². The second kappa shape index (κ2) is 8.77. The summed E-state index contributed by atoms with van der Waals surface area (Å²) in [5.74, 6) is 0.933. The normalized spacial score (nSPS) is 10.7. The quantitative estimate of drug-likeness (QED) is 0.446. The largest absolute Gasteiger partial charge is 0.326 e. The van der Waals surface area contributed by atoms with Crippen LogP contribution in [0.2, 0.25) is 0 Å². The van der Waals surface area contributed by atoms with Gasteiger partial charge in [-0.1, -0.05) is 24.8 Å². The van der Waals surface area contributed by atoms with E-state index in [-0.39, 0.29) is 17.4 Å². The number of hydrogen-bond acceptors (Lipinski definition) is 6. The van der Waals surface area contributed by atoms with Crippen molar-refractivity contribution in [1.29, 1.82) is 0 Å². The van der Waals surface area contributed by atoms with E-state index in [4.69, 9.17) is 0 Å². The van der Waals surface area contributed by atoms with Crippen LogP contribution in [0, 0.1) is 0 Å². The molecule has 0 unspecified atom stereocenters. The van der Waals surface area contributed by atoms with Crippen molar-refractivity contribution in [2.24, 2.45) is 0 Å². The number of carbonyl (C=O) groups excluding carboxylic acids is 2. The number of rotatable bonds is 8. The number of H-pyrrole nitrogens is 1. The number of aromatic nitrogens is 3. The zero-order valence-electron chi connectivity index (χ0n) is 14.2. The summed E-state index contributed by atoms with van der Waals surface area (Å²) in [6, 6.07) is 10.8. The fraction of sp³-hybridized carbons (Fsp3) is 0.222. The van der Waals surface area contributed by atoms with E-state index < -0.39 is 0 Å². The van der Waals surface area contributed by atoms with Crippen LogP contribution in [-0.4, -0.2) is 32.6 Å². The van der Waals surface area contributed by atoms with Gasteiger partial charge < -0.3 is 5.32 Å². The standard InChI is InChI=1S/C18H18N4O2S2/c1-2-4-16(24)19-13-8-6-12(7-9-13)14(23)11-26-18-20-17(21-22-18)15-5-3-10-25-15/h3,5-10H,2,4,11H2,1H3,(H,19,24)(H,20,21,22). The summed E-state index contributed by atoms with van der Waals surface area (Å²) in [5.41, 5.74) is 1.29. The predicted molar refractivity (Wildman–Crippen MR) is 105 cm³/mol. The molecule has 0 saturated carbocycles. The van der Waals surface area contributed by atoms with Crippen molar-refractivity contribution in [2.45, 2.75) is 24.9 Å². The molecule has 26 heavy (non-hydrogen) atoms. The molecule has 0 aliphatic carbocycles. The van der Waals surface area contributed by atoms with Gasteiger partial charge in [0, 0.05) is 17.7 Å². The third-order valence-corrected chi connectivity index (χ3v) is 5.24. The zero-order chi connectivity index (χ0) is 18.4. The van der Waals surface area contributed by atoms with Gasteiger partial charge in [0.25, 0.3) is 0 Å². The number of nitrogens with one attached hydrogen (secondary N) is 2. The SMILES string of the molecule is CCCC(=O)Nc1ccc(C(=O)CSc2n[nH]c(-c3cccs3)n2)cc1. The molecule has 8 heteroatoms. The van der Waals surface area contributed by atoms with Gasteiger partial charge in [0.2, 0.25) is 11.1 Å². The Morgan fingerprint density at radius 3 is 2.73 bits per heavy atom. The molecule has 0 saturated heterocycles. The minimum atomic E-state index is -0.0201. The first-order valence-corrected chi connectivity index (χ1v) is 10.0. The molecule has 2 aromatic heterocycles. The molecule has 0 radical (unpaired) electrons. The second-order valence-electron chi connectivity index (χ2n) is 5.53. The second-order valence-corrected chi connectivity index (χ2v) is 7.42. The predicted octanol–water partition coefficient (Wildman–Crippen LogP) is 4.25. The number of amides is 1. The topological polar surface area (TPSA) is 87.7 Å². The Labute approximate surface area is 159 Å². The zero-order valence-corrected chi connectivity index (χ0v) is 15.8. The molecule has 1 amide bonds. The van der Waals surface area contributed by atoms with E-state index in [1.54, 1.807) is 35.6 Å². The number of nitrogens with zero attached hydrogens (tertiary/aromatic N) is 2. The summed E-state index contributed by atoms with van der Waals surface area (Å²) < 4.78 is 0. The number of thioether (sulfide) groups is 1. The fourth-order valence-corrected chi connectivity index (χ4v) is 3.59. The smallest absolute Gasteiger partial charge is 0.224 e. The van der Waals surface area contributed by atoms with Crippen LogP contribution in [0.25, 0.3) is 10.7 Å². The first kappa shape index (κ1) is 18.3. The summed E-state index contributed by atoms with van der Waals surface area (Å²) in [6.45, 7) is 1.95. The first-order valence-electron chi connectivity index (χ1n) is 8.18. The van der Waals surface area contributed by atoms with Gasteiger partial charge in [0.1, 0.15) is 0 Å². The maximum absolute atomic E-state index is 12.3. The van der Waals surface area contributed by atoms with E-state index in [1.807, 2.05) is 24.4 Å². The number of hydrogen-bond donors (Lipinski definition) is 2. The van der Waals surface area contributed by atoms with Crippen LogP contribution in [0.5, 0.6) is 0 Å². The van der Waals surface area contributed by atoms with Crippen LogP contribution in [0.4, 0.5) is 5.69 Å². The summed E-state index contributed by atoms with van der Waals surface area (Å²) in [4.78, 5) is 29.3. The number of benzene rings is 1. The summed E-state index contributed by atoms with van der Waals surface area (Å²) in [6.07, 6.45) is 1.29. The number of aromatic amines is 1. The van der Waals surface area contributed by atoms with Crippen molar-refractivity contribution < 1.29 is 9.59 Å². The van der Waals surface area contributed by atoms with Crippen LogP contribution >= 0.6 is 23.1 Å². The summed E-state index contributed by atoms with van der Waals surface area (Å²) in [7, 11) is 0. The molecule has 0 fully saturated rings. The van der Waals surface area contributed by atoms with E-state index in [9.17, 15) is 9.59 Å². The lowest BCUT2D eigenvalue weighted by Crippen LogP contribution is -2.10. The summed E-state index contributed by atoms with van der Waals surface area (Å²) in [5, 5.41) is 12.3. The van der Waals surface area contributed by atoms with Crippen LogP contribution in [0.1, 0.15) is 30.1 Å². The van der Waals surface area contributed by atoms with E-state index >= 15 is 0 Å². The van der Waals surface area contributed by atoms with Crippen molar-refractivity contribution in [3.05, 3.63) is 47.3 Å². The molecule has 2 N–H and O–H groups in total. The Hall–Kier alpha value is -2.45. The molecule has 6 nitrogen and oxygen atoms in total. The first-order chi connectivity index (χ1) is 12.7. The lowest BCUT2D eigenvalue weighted by Gasteiger charge is -2.05. The Morgan fingerprint density at radius 1 is 1.23 bits per heavy atom. The number of carbonyl (C=O) groups is 2. The van der Waals surface area contributed by atoms with Crippen molar-refractivity contribution in [3.8, 4) is 10.7 Å². The minimum absolute atomic E-state index is 0.0103. The molecule has 0 aliphatic rings. The van der Waals surface area contributed by atoms with E-state index in [2.05, 4.69) is 20.5 Å². The molecule has 1 aromatic carbocycles. The Morgan fingerprint density at radius 2 is 2.04 bits per heavy atom. The Bertz CT molecular complexity index is 873. The fourth-order valence-electron chi connectivity index (χ4n) is 2.24. The Kier molecular flexibility index (Phi) is 6.19. The maximum Gasteiger partial charge on any atom is 0.224 e. The average Bonchev–Trinajstić information content (AvgIpc) is 3.32. The van der Waals surface area contributed by atoms with Gasteiger partial charge in [0.05, 0.1) is 10.6 Å². The highest BCUT2D eigenvalue weighted by molar-refractivity contribution is 7.99. The molecule has 134 valence electrons. The van der Waals surface area contributed by atoms with Gasteiger partial charge in [-0.05, 0) is 42.1 Å². The van der Waals surface area contributed by atoms with Gasteiger partial charge >= 0.3 is 0 Å². The Balaban J connectivity index is 1.54. The van der Waals surface area contributed by atoms with Crippen molar-refractivity contribution in [1.82, 2.24) is 15.2 Å². The number of thiophene rings is 1. The number of Topliss-reactive ketones (excluding diaryl/α,β-unsaturated/α-hetero) is 1. The van der Waals surface area contributed by atoms with E-state index in [0.717, 1.165) is 11.3 Å². The third kappa shape index (κ3) is 4.80. The van der Waals surface area contributed by atoms with Gasteiger partial charge in [-0.3, -0.25) is 14.7 Å². The lowest BCUT2D eigenvalue weighted by atomic mass is 10.1. The molecule has 3 rings (SSSR count). The van der Waals surface area contributed by atoms with Crippen molar-refractivity contribution in [3.63, 3.8) is 0 Å². The molecule has 2 heterocycles. The number of ketones is 1. The van der Waals surface area contributed by atoms with Gasteiger partial charge in [0.15, 0.2) is 11.6 Å². The lowest BCUT2D eigenvalue weighted by molar-refractivity contribution is -0.116. The molecule has 0 spiro atoms. The highest BCUT2D eigenvalue weighted by Gasteiger charge is 2.11. The van der Waals surface area contributed by atoms with Gasteiger partial charge in [-0.15, -0.1) is 16.4 Å². The molecule has 0 bridgehead atoms.